The second-order valence-corrected chi connectivity index (χ2v) is 7.21. The topological polar surface area (TPSA) is 39.2 Å². The van der Waals surface area contributed by atoms with Crippen molar-refractivity contribution >= 4 is 60.2 Å². The number of aromatic nitrogens is 1. The summed E-state index contributed by atoms with van der Waals surface area (Å²) in [5.41, 5.74) is 2.17. The van der Waals surface area contributed by atoms with Gasteiger partial charge in [-0.2, -0.15) is 0 Å². The maximum absolute atomic E-state index is 12.1. The van der Waals surface area contributed by atoms with E-state index in [-0.39, 0.29) is 5.97 Å². The van der Waals surface area contributed by atoms with E-state index in [1.807, 2.05) is 36.4 Å². The molecule has 3 rings (SSSR count). The van der Waals surface area contributed by atoms with Gasteiger partial charge in [0.1, 0.15) is 0 Å². The van der Waals surface area contributed by atoms with Crippen LogP contribution in [0.15, 0.2) is 51.5 Å². The summed E-state index contributed by atoms with van der Waals surface area (Å²) in [7, 11) is 0. The first kappa shape index (κ1) is 17.4. The molecule has 3 nitrogen and oxygen atoms in total. The second-order valence-electron chi connectivity index (χ2n) is 5.06. The molecule has 0 N–H and O–H groups in total. The number of carbonyl (C=O) groups is 1. The molecule has 0 saturated carbocycles. The summed E-state index contributed by atoms with van der Waals surface area (Å²) in [5, 5.41) is 2.68. The number of ether oxygens (including phenoxy) is 1. The third-order valence-electron chi connectivity index (χ3n) is 3.52. The Morgan fingerprint density at radius 1 is 1.17 bits per heavy atom. The van der Waals surface area contributed by atoms with Crippen molar-refractivity contribution in [2.75, 3.05) is 6.61 Å². The van der Waals surface area contributed by atoms with Gasteiger partial charge in [0, 0.05) is 31.1 Å². The van der Waals surface area contributed by atoms with E-state index in [2.05, 4.69) is 36.8 Å². The smallest absolute Gasteiger partial charge is 0.340 e. The molecule has 0 radical (unpaired) electrons. The Kier molecular flexibility index (Phi) is 5.23. The van der Waals surface area contributed by atoms with E-state index in [1.54, 1.807) is 13.1 Å². The summed E-state index contributed by atoms with van der Waals surface area (Å²) in [6, 6.07) is 11.3. The van der Waals surface area contributed by atoms with Crippen LogP contribution in [0.3, 0.4) is 0 Å². The number of hydrogen-bond donors (Lipinski definition) is 0. The van der Waals surface area contributed by atoms with Crippen LogP contribution >= 0.6 is 43.5 Å². The van der Waals surface area contributed by atoms with Gasteiger partial charge in [-0.05, 0) is 74.5 Å². The number of halogens is 3. The molecule has 0 spiro atoms. The van der Waals surface area contributed by atoms with Crippen LogP contribution in [0.25, 0.3) is 22.0 Å². The SMILES string of the molecule is CCOC(=O)c1c(Br)cc(-c2nccc3cc(Cl)ccc23)cc1Br. The summed E-state index contributed by atoms with van der Waals surface area (Å²) in [6.07, 6.45) is 1.75. The number of benzene rings is 2. The lowest BCUT2D eigenvalue weighted by molar-refractivity contribution is 0.0524. The highest BCUT2D eigenvalue weighted by Gasteiger charge is 2.18. The summed E-state index contributed by atoms with van der Waals surface area (Å²) in [5.74, 6) is -0.375. The van der Waals surface area contributed by atoms with Crippen molar-refractivity contribution in [3.8, 4) is 11.3 Å². The molecule has 0 aliphatic carbocycles. The van der Waals surface area contributed by atoms with Crippen LogP contribution in [0, 0.1) is 0 Å². The van der Waals surface area contributed by atoms with E-state index in [9.17, 15) is 4.79 Å². The Bertz CT molecular complexity index is 920. The Hall–Kier alpha value is -1.43. The summed E-state index contributed by atoms with van der Waals surface area (Å²) < 4.78 is 6.39. The van der Waals surface area contributed by atoms with Gasteiger partial charge in [0.2, 0.25) is 0 Å². The van der Waals surface area contributed by atoms with Gasteiger partial charge < -0.3 is 4.74 Å². The van der Waals surface area contributed by atoms with Crippen molar-refractivity contribution < 1.29 is 9.53 Å². The fraction of sp³-hybridized carbons (Fsp3) is 0.111. The summed E-state index contributed by atoms with van der Waals surface area (Å²) in [6.45, 7) is 2.10. The summed E-state index contributed by atoms with van der Waals surface area (Å²) >= 11 is 13.0. The van der Waals surface area contributed by atoms with Gasteiger partial charge in [-0.1, -0.05) is 17.7 Å². The first-order valence-corrected chi connectivity index (χ1v) is 9.18. The maximum atomic E-state index is 12.1. The van der Waals surface area contributed by atoms with Gasteiger partial charge in [-0.15, -0.1) is 0 Å². The van der Waals surface area contributed by atoms with Crippen molar-refractivity contribution in [1.29, 1.82) is 0 Å². The normalized spacial score (nSPS) is 10.8. The average molecular weight is 470 g/mol. The number of hydrogen-bond acceptors (Lipinski definition) is 3. The first-order chi connectivity index (χ1) is 11.5. The Labute approximate surface area is 161 Å². The molecule has 0 bridgehead atoms. The quantitative estimate of drug-likeness (QED) is 0.425. The van der Waals surface area contributed by atoms with Crippen LogP contribution in [-0.4, -0.2) is 17.6 Å². The zero-order valence-electron chi connectivity index (χ0n) is 12.6. The highest BCUT2D eigenvalue weighted by atomic mass is 79.9. The number of pyridine rings is 1. The monoisotopic (exact) mass is 467 g/mol. The Morgan fingerprint density at radius 3 is 2.54 bits per heavy atom. The lowest BCUT2D eigenvalue weighted by Crippen LogP contribution is -2.06. The fourth-order valence-electron chi connectivity index (χ4n) is 2.49. The van der Waals surface area contributed by atoms with E-state index in [0.29, 0.717) is 26.1 Å². The molecule has 0 aliphatic heterocycles. The third kappa shape index (κ3) is 3.34. The molecule has 3 aromatic rings. The van der Waals surface area contributed by atoms with Crippen molar-refractivity contribution in [2.24, 2.45) is 0 Å². The minimum atomic E-state index is -0.375. The van der Waals surface area contributed by atoms with E-state index in [0.717, 1.165) is 22.0 Å². The molecule has 0 fully saturated rings. The number of carbonyl (C=O) groups excluding carboxylic acids is 1. The van der Waals surface area contributed by atoms with Gasteiger partial charge >= 0.3 is 5.97 Å². The minimum Gasteiger partial charge on any atom is -0.462 e. The molecule has 1 aromatic heterocycles. The molecule has 0 saturated heterocycles. The lowest BCUT2D eigenvalue weighted by atomic mass is 10.0. The minimum absolute atomic E-state index is 0.325. The highest BCUT2D eigenvalue weighted by Crippen LogP contribution is 2.35. The average Bonchev–Trinajstić information content (AvgIpc) is 2.53. The van der Waals surface area contributed by atoms with Gasteiger partial charge in [-0.3, -0.25) is 4.98 Å². The van der Waals surface area contributed by atoms with Crippen molar-refractivity contribution in [2.45, 2.75) is 6.92 Å². The van der Waals surface area contributed by atoms with Crippen molar-refractivity contribution in [1.82, 2.24) is 4.98 Å². The third-order valence-corrected chi connectivity index (χ3v) is 5.01. The van der Waals surface area contributed by atoms with Crippen LogP contribution in [0.1, 0.15) is 17.3 Å². The molecular formula is C18H12Br2ClNO2. The lowest BCUT2D eigenvalue weighted by Gasteiger charge is -2.11. The molecule has 0 aliphatic rings. The number of fused-ring (bicyclic) bond motifs is 1. The molecular weight excluding hydrogens is 457 g/mol. The molecule has 24 heavy (non-hydrogen) atoms. The second kappa shape index (κ2) is 7.21. The molecule has 122 valence electrons. The first-order valence-electron chi connectivity index (χ1n) is 7.22. The molecule has 0 amide bonds. The largest absolute Gasteiger partial charge is 0.462 e. The van der Waals surface area contributed by atoms with Gasteiger partial charge in [-0.25, -0.2) is 4.79 Å². The molecule has 0 atom stereocenters. The zero-order valence-corrected chi connectivity index (χ0v) is 16.6. The zero-order chi connectivity index (χ0) is 17.3. The Morgan fingerprint density at radius 2 is 1.88 bits per heavy atom. The summed E-state index contributed by atoms with van der Waals surface area (Å²) in [4.78, 5) is 16.6. The molecule has 1 heterocycles. The van der Waals surface area contributed by atoms with Gasteiger partial charge in [0.15, 0.2) is 0 Å². The van der Waals surface area contributed by atoms with E-state index in [4.69, 9.17) is 16.3 Å². The predicted octanol–water partition coefficient (Wildman–Crippen LogP) is 6.26. The Balaban J connectivity index is 2.16. The van der Waals surface area contributed by atoms with Crippen molar-refractivity contribution in [3.05, 3.63) is 62.1 Å². The van der Waals surface area contributed by atoms with Crippen LogP contribution in [-0.2, 0) is 4.74 Å². The number of esters is 1. The van der Waals surface area contributed by atoms with Crippen LogP contribution in [0.2, 0.25) is 5.02 Å². The fourth-order valence-corrected chi connectivity index (χ4v) is 4.18. The van der Waals surface area contributed by atoms with E-state index in [1.165, 1.54) is 0 Å². The van der Waals surface area contributed by atoms with E-state index >= 15 is 0 Å². The van der Waals surface area contributed by atoms with Crippen LogP contribution < -0.4 is 0 Å². The highest BCUT2D eigenvalue weighted by molar-refractivity contribution is 9.11. The van der Waals surface area contributed by atoms with Crippen LogP contribution in [0.4, 0.5) is 0 Å². The van der Waals surface area contributed by atoms with Gasteiger partial charge in [0.05, 0.1) is 17.9 Å². The predicted molar refractivity (Wildman–Crippen MR) is 104 cm³/mol. The molecule has 2 aromatic carbocycles. The van der Waals surface area contributed by atoms with Crippen LogP contribution in [0.5, 0.6) is 0 Å². The molecule has 0 unspecified atom stereocenters. The number of rotatable bonds is 3. The van der Waals surface area contributed by atoms with E-state index < -0.39 is 0 Å². The standard InChI is InChI=1S/C18H12Br2ClNO2/c1-2-24-18(23)16-14(19)8-11(9-15(16)20)17-13-4-3-12(21)7-10(13)5-6-22-17/h3-9H,2H2,1H3. The molecule has 6 heteroatoms. The van der Waals surface area contributed by atoms with Crippen molar-refractivity contribution in [3.63, 3.8) is 0 Å². The maximum Gasteiger partial charge on any atom is 0.340 e. The number of nitrogens with zero attached hydrogens (tertiary/aromatic N) is 1. The van der Waals surface area contributed by atoms with Gasteiger partial charge in [0.25, 0.3) is 0 Å².